The van der Waals surface area contributed by atoms with Crippen LogP contribution >= 0.6 is 0 Å². The maximum atomic E-state index is 10.7. The molecule has 1 heterocycles. The van der Waals surface area contributed by atoms with Crippen molar-refractivity contribution in [1.29, 1.82) is 5.41 Å². The van der Waals surface area contributed by atoms with Crippen LogP contribution in [-0.4, -0.2) is 45.0 Å². The molecule has 1 aliphatic rings. The topological polar surface area (TPSA) is 73.3 Å². The van der Waals surface area contributed by atoms with Gasteiger partial charge in [-0.3, -0.25) is 5.41 Å². The second-order valence-corrected chi connectivity index (χ2v) is 5.39. The highest BCUT2D eigenvalue weighted by Gasteiger charge is 2.15. The van der Waals surface area contributed by atoms with E-state index in [9.17, 15) is 8.42 Å². The molecule has 0 aromatic heterocycles. The number of nitrogens with zero attached hydrogens (tertiary/aromatic N) is 1. The fraction of sp³-hybridized carbons (Fsp3) is 0.875. The Bertz CT molecular complexity index is 300. The number of hydrogen-bond acceptors (Lipinski definition) is 3. The minimum atomic E-state index is -3.06. The summed E-state index contributed by atoms with van der Waals surface area (Å²) in [5, 5.41) is 7.55. The largest absolute Gasteiger partial charge is 0.360 e. The summed E-state index contributed by atoms with van der Waals surface area (Å²) in [4.78, 5) is 2.00. The number of likely N-dealkylation sites (tertiary alicyclic amines) is 1. The van der Waals surface area contributed by atoms with E-state index >= 15 is 0 Å². The highest BCUT2D eigenvalue weighted by Crippen LogP contribution is 2.09. The standard InChI is InChI=1S/C8H17N3O2S/c1-14(12,13)10-5-3-7-11-6-2-4-8(11)9/h9-10H,2-7H2,1H3. The zero-order valence-corrected chi connectivity index (χ0v) is 9.23. The highest BCUT2D eigenvalue weighted by molar-refractivity contribution is 7.88. The molecule has 1 rings (SSSR count). The van der Waals surface area contributed by atoms with Crippen molar-refractivity contribution in [2.45, 2.75) is 19.3 Å². The number of amidine groups is 1. The van der Waals surface area contributed by atoms with Crippen molar-refractivity contribution in [1.82, 2.24) is 9.62 Å². The summed E-state index contributed by atoms with van der Waals surface area (Å²) in [6, 6.07) is 0. The first kappa shape index (κ1) is 11.5. The van der Waals surface area contributed by atoms with Crippen LogP contribution < -0.4 is 4.72 Å². The molecule has 0 radical (unpaired) electrons. The summed E-state index contributed by atoms with van der Waals surface area (Å²) in [5.41, 5.74) is 0. The van der Waals surface area contributed by atoms with Gasteiger partial charge in [0.2, 0.25) is 10.0 Å². The third-order valence-electron chi connectivity index (χ3n) is 2.19. The van der Waals surface area contributed by atoms with Gasteiger partial charge in [0, 0.05) is 26.1 Å². The van der Waals surface area contributed by atoms with Crippen molar-refractivity contribution < 1.29 is 8.42 Å². The van der Waals surface area contributed by atoms with Crippen molar-refractivity contribution in [2.75, 3.05) is 25.9 Å². The quantitative estimate of drug-likeness (QED) is 0.639. The van der Waals surface area contributed by atoms with Gasteiger partial charge in [-0.15, -0.1) is 0 Å². The second kappa shape index (κ2) is 4.75. The molecule has 1 aliphatic heterocycles. The first-order chi connectivity index (χ1) is 6.49. The maximum Gasteiger partial charge on any atom is 0.208 e. The van der Waals surface area contributed by atoms with E-state index in [-0.39, 0.29) is 0 Å². The van der Waals surface area contributed by atoms with Crippen molar-refractivity contribution >= 4 is 15.9 Å². The van der Waals surface area contributed by atoms with Crippen LogP contribution in [0.15, 0.2) is 0 Å². The van der Waals surface area contributed by atoms with Crippen LogP contribution in [-0.2, 0) is 10.0 Å². The van der Waals surface area contributed by atoms with Gasteiger partial charge in [-0.2, -0.15) is 0 Å². The number of sulfonamides is 1. The number of hydrogen-bond donors (Lipinski definition) is 2. The summed E-state index contributed by atoms with van der Waals surface area (Å²) < 4.78 is 23.9. The van der Waals surface area contributed by atoms with E-state index in [1.165, 1.54) is 0 Å². The van der Waals surface area contributed by atoms with E-state index in [0.29, 0.717) is 12.4 Å². The van der Waals surface area contributed by atoms with Gasteiger partial charge in [0.05, 0.1) is 12.1 Å². The smallest absolute Gasteiger partial charge is 0.208 e. The van der Waals surface area contributed by atoms with Crippen molar-refractivity contribution in [2.24, 2.45) is 0 Å². The molecule has 0 aliphatic carbocycles. The molecule has 6 heteroatoms. The van der Waals surface area contributed by atoms with Gasteiger partial charge in [0.25, 0.3) is 0 Å². The van der Waals surface area contributed by atoms with Gasteiger partial charge in [-0.1, -0.05) is 0 Å². The van der Waals surface area contributed by atoms with E-state index in [4.69, 9.17) is 5.41 Å². The molecule has 14 heavy (non-hydrogen) atoms. The second-order valence-electron chi connectivity index (χ2n) is 3.56. The van der Waals surface area contributed by atoms with E-state index < -0.39 is 10.0 Å². The lowest BCUT2D eigenvalue weighted by atomic mass is 10.4. The Balaban J connectivity index is 2.13. The Kier molecular flexibility index (Phi) is 3.88. The first-order valence-corrected chi connectivity index (χ1v) is 6.65. The van der Waals surface area contributed by atoms with Crippen LogP contribution in [0.5, 0.6) is 0 Å². The fourth-order valence-electron chi connectivity index (χ4n) is 1.50. The van der Waals surface area contributed by atoms with E-state index in [1.807, 2.05) is 4.90 Å². The first-order valence-electron chi connectivity index (χ1n) is 4.76. The third kappa shape index (κ3) is 4.06. The fourth-order valence-corrected chi connectivity index (χ4v) is 2.02. The molecule has 2 N–H and O–H groups in total. The maximum absolute atomic E-state index is 10.7. The number of nitrogens with one attached hydrogen (secondary N) is 2. The Hall–Kier alpha value is -0.620. The van der Waals surface area contributed by atoms with Crippen LogP contribution in [0, 0.1) is 5.41 Å². The zero-order valence-electron chi connectivity index (χ0n) is 8.41. The molecule has 0 atom stereocenters. The molecule has 0 bridgehead atoms. The van der Waals surface area contributed by atoms with Gasteiger partial charge >= 0.3 is 0 Å². The Morgan fingerprint density at radius 1 is 1.57 bits per heavy atom. The Morgan fingerprint density at radius 2 is 2.29 bits per heavy atom. The summed E-state index contributed by atoms with van der Waals surface area (Å²) in [7, 11) is -3.06. The predicted octanol–water partition coefficient (Wildman–Crippen LogP) is -0.00123. The van der Waals surface area contributed by atoms with Gasteiger partial charge in [0.1, 0.15) is 0 Å². The van der Waals surface area contributed by atoms with E-state index in [1.54, 1.807) is 0 Å². The average Bonchev–Trinajstić information content (AvgIpc) is 2.44. The molecular weight excluding hydrogens is 202 g/mol. The monoisotopic (exact) mass is 219 g/mol. The van der Waals surface area contributed by atoms with Gasteiger partial charge in [0.15, 0.2) is 0 Å². The van der Waals surface area contributed by atoms with Crippen molar-refractivity contribution in [3.8, 4) is 0 Å². The van der Waals surface area contributed by atoms with Crippen LogP contribution in [0.2, 0.25) is 0 Å². The average molecular weight is 219 g/mol. The lowest BCUT2D eigenvalue weighted by Gasteiger charge is -2.17. The van der Waals surface area contributed by atoms with Crippen molar-refractivity contribution in [3.63, 3.8) is 0 Å². The van der Waals surface area contributed by atoms with E-state index in [2.05, 4.69) is 4.72 Å². The minimum Gasteiger partial charge on any atom is -0.360 e. The molecule has 0 amide bonds. The number of rotatable bonds is 5. The van der Waals surface area contributed by atoms with Gasteiger partial charge in [-0.05, 0) is 12.8 Å². The van der Waals surface area contributed by atoms with Crippen LogP contribution in [0.25, 0.3) is 0 Å². The summed E-state index contributed by atoms with van der Waals surface area (Å²) in [6.45, 7) is 2.18. The third-order valence-corrected chi connectivity index (χ3v) is 2.92. The summed E-state index contributed by atoms with van der Waals surface area (Å²) >= 11 is 0. The summed E-state index contributed by atoms with van der Waals surface area (Å²) in [6.07, 6.45) is 3.83. The lowest BCUT2D eigenvalue weighted by Crippen LogP contribution is -2.29. The molecule has 82 valence electrons. The van der Waals surface area contributed by atoms with Gasteiger partial charge in [-0.25, -0.2) is 13.1 Å². The minimum absolute atomic E-state index is 0.461. The molecular formula is C8H17N3O2S. The SMILES string of the molecule is CS(=O)(=O)NCCCN1CCCC1=N. The molecule has 1 fully saturated rings. The molecule has 5 nitrogen and oxygen atoms in total. The Morgan fingerprint density at radius 3 is 2.79 bits per heavy atom. The Labute approximate surface area is 85.0 Å². The molecule has 0 aromatic carbocycles. The lowest BCUT2D eigenvalue weighted by molar-refractivity contribution is 0.439. The zero-order chi connectivity index (χ0) is 10.6. The van der Waals surface area contributed by atoms with Crippen molar-refractivity contribution in [3.05, 3.63) is 0 Å². The summed E-state index contributed by atoms with van der Waals surface area (Å²) in [5.74, 6) is 0.685. The van der Waals surface area contributed by atoms with Crippen LogP contribution in [0.3, 0.4) is 0 Å². The van der Waals surface area contributed by atoms with Crippen LogP contribution in [0.4, 0.5) is 0 Å². The predicted molar refractivity (Wildman–Crippen MR) is 56.0 cm³/mol. The normalized spacial score (nSPS) is 17.8. The van der Waals surface area contributed by atoms with Crippen LogP contribution in [0.1, 0.15) is 19.3 Å². The molecule has 0 aromatic rings. The molecule has 1 saturated heterocycles. The molecule has 0 saturated carbocycles. The highest BCUT2D eigenvalue weighted by atomic mass is 32.2. The van der Waals surface area contributed by atoms with Gasteiger partial charge < -0.3 is 4.90 Å². The van der Waals surface area contributed by atoms with E-state index in [0.717, 1.165) is 38.6 Å². The molecule has 0 unspecified atom stereocenters. The molecule has 0 spiro atoms.